The summed E-state index contributed by atoms with van der Waals surface area (Å²) in [5.41, 5.74) is 6.77. The first-order valence-electron chi connectivity index (χ1n) is 8.01. The first-order chi connectivity index (χ1) is 11.0. The third kappa shape index (κ3) is 7.17. The van der Waals surface area contributed by atoms with Gasteiger partial charge in [0.25, 0.3) is 0 Å². The zero-order valence-electron chi connectivity index (χ0n) is 13.6. The van der Waals surface area contributed by atoms with Gasteiger partial charge in [-0.15, -0.1) is 12.4 Å². The van der Waals surface area contributed by atoms with Gasteiger partial charge in [0.2, 0.25) is 15.9 Å². The molecule has 6 nitrogen and oxygen atoms in total. The standard InChI is InChI=1S/C16H25N3O3S.ClH/c17-15-8-4-7-14(11-15)16(20)18-9-10-23(21,22)19-12-13-5-2-1-3-6-13;/h1-3,5-6,14-15,19H,4,7-12,17H2,(H,18,20);1H. The number of nitrogens with two attached hydrogens (primary N) is 1. The lowest BCUT2D eigenvalue weighted by molar-refractivity contribution is -0.125. The van der Waals surface area contributed by atoms with Crippen molar-refractivity contribution in [3.8, 4) is 0 Å². The summed E-state index contributed by atoms with van der Waals surface area (Å²) in [7, 11) is -3.41. The van der Waals surface area contributed by atoms with Gasteiger partial charge in [0.15, 0.2) is 0 Å². The van der Waals surface area contributed by atoms with Crippen LogP contribution in [0.4, 0.5) is 0 Å². The molecule has 1 aliphatic rings. The van der Waals surface area contributed by atoms with E-state index in [1.807, 2.05) is 30.3 Å². The van der Waals surface area contributed by atoms with Crippen LogP contribution in [0.15, 0.2) is 30.3 Å². The van der Waals surface area contributed by atoms with Gasteiger partial charge < -0.3 is 11.1 Å². The number of carbonyl (C=O) groups excluding carboxylic acids is 1. The van der Waals surface area contributed by atoms with Crippen LogP contribution in [0, 0.1) is 5.92 Å². The number of hydrogen-bond acceptors (Lipinski definition) is 4. The molecule has 2 rings (SSSR count). The van der Waals surface area contributed by atoms with Crippen LogP contribution in [0.1, 0.15) is 31.2 Å². The van der Waals surface area contributed by atoms with Gasteiger partial charge in [-0.1, -0.05) is 36.8 Å². The summed E-state index contributed by atoms with van der Waals surface area (Å²) < 4.78 is 26.4. The van der Waals surface area contributed by atoms with E-state index < -0.39 is 10.0 Å². The maximum absolute atomic E-state index is 12.0. The topological polar surface area (TPSA) is 101 Å². The van der Waals surface area contributed by atoms with Crippen molar-refractivity contribution in [2.75, 3.05) is 12.3 Å². The van der Waals surface area contributed by atoms with Crippen LogP contribution in [-0.4, -0.2) is 32.7 Å². The van der Waals surface area contributed by atoms with Crippen molar-refractivity contribution in [3.05, 3.63) is 35.9 Å². The Morgan fingerprint density at radius 2 is 1.92 bits per heavy atom. The van der Waals surface area contributed by atoms with Crippen molar-refractivity contribution in [2.45, 2.75) is 38.3 Å². The molecule has 1 aliphatic carbocycles. The fourth-order valence-electron chi connectivity index (χ4n) is 2.78. The minimum Gasteiger partial charge on any atom is -0.355 e. The highest BCUT2D eigenvalue weighted by molar-refractivity contribution is 7.89. The number of rotatable bonds is 7. The van der Waals surface area contributed by atoms with Crippen LogP contribution < -0.4 is 15.8 Å². The molecule has 0 aromatic heterocycles. The average Bonchev–Trinajstić information content (AvgIpc) is 2.54. The molecule has 2 atom stereocenters. The van der Waals surface area contributed by atoms with Crippen molar-refractivity contribution < 1.29 is 13.2 Å². The monoisotopic (exact) mass is 375 g/mol. The molecular weight excluding hydrogens is 350 g/mol. The Bertz CT molecular complexity index is 610. The third-order valence-electron chi connectivity index (χ3n) is 4.09. The maximum atomic E-state index is 12.0. The van der Waals surface area contributed by atoms with Gasteiger partial charge >= 0.3 is 0 Å². The molecule has 0 radical (unpaired) electrons. The molecule has 24 heavy (non-hydrogen) atoms. The lowest BCUT2D eigenvalue weighted by Crippen LogP contribution is -2.40. The SMILES string of the molecule is Cl.NC1CCCC(C(=O)NCCS(=O)(=O)NCc2ccccc2)C1. The highest BCUT2D eigenvalue weighted by atomic mass is 35.5. The van der Waals surface area contributed by atoms with E-state index in [1.165, 1.54) is 0 Å². The molecule has 0 spiro atoms. The van der Waals surface area contributed by atoms with Crippen LogP contribution >= 0.6 is 12.4 Å². The van der Waals surface area contributed by atoms with Crippen LogP contribution in [0.5, 0.6) is 0 Å². The van der Waals surface area contributed by atoms with E-state index in [4.69, 9.17) is 5.73 Å². The maximum Gasteiger partial charge on any atom is 0.223 e. The summed E-state index contributed by atoms with van der Waals surface area (Å²) in [6, 6.07) is 9.39. The van der Waals surface area contributed by atoms with Crippen molar-refractivity contribution in [1.29, 1.82) is 0 Å². The number of benzene rings is 1. The summed E-state index contributed by atoms with van der Waals surface area (Å²) in [6.45, 7) is 0.378. The van der Waals surface area contributed by atoms with E-state index in [2.05, 4.69) is 10.0 Å². The Morgan fingerprint density at radius 3 is 2.58 bits per heavy atom. The largest absolute Gasteiger partial charge is 0.355 e. The second kappa shape index (κ2) is 9.98. The number of nitrogens with one attached hydrogen (secondary N) is 2. The Morgan fingerprint density at radius 1 is 1.21 bits per heavy atom. The van der Waals surface area contributed by atoms with Gasteiger partial charge in [0.05, 0.1) is 5.75 Å². The van der Waals surface area contributed by atoms with Crippen molar-refractivity contribution in [2.24, 2.45) is 11.7 Å². The van der Waals surface area contributed by atoms with Crippen molar-refractivity contribution >= 4 is 28.3 Å². The van der Waals surface area contributed by atoms with Gasteiger partial charge in [-0.2, -0.15) is 0 Å². The molecule has 0 bridgehead atoms. The molecule has 4 N–H and O–H groups in total. The lowest BCUT2D eigenvalue weighted by atomic mass is 9.85. The van der Waals surface area contributed by atoms with E-state index in [1.54, 1.807) is 0 Å². The second-order valence-corrected chi connectivity index (χ2v) is 7.97. The van der Waals surface area contributed by atoms with Crippen molar-refractivity contribution in [1.82, 2.24) is 10.0 Å². The van der Waals surface area contributed by atoms with Crippen LogP contribution in [0.25, 0.3) is 0 Å². The smallest absolute Gasteiger partial charge is 0.223 e. The third-order valence-corrected chi connectivity index (χ3v) is 5.42. The summed E-state index contributed by atoms with van der Waals surface area (Å²) in [4.78, 5) is 12.0. The van der Waals surface area contributed by atoms with Gasteiger partial charge in [-0.25, -0.2) is 13.1 Å². The highest BCUT2D eigenvalue weighted by Gasteiger charge is 2.25. The van der Waals surface area contributed by atoms with Crippen LogP contribution in [0.3, 0.4) is 0 Å². The van der Waals surface area contributed by atoms with Crippen LogP contribution in [-0.2, 0) is 21.4 Å². The zero-order valence-corrected chi connectivity index (χ0v) is 15.2. The number of sulfonamides is 1. The minimum atomic E-state index is -3.41. The summed E-state index contributed by atoms with van der Waals surface area (Å²) in [5, 5.41) is 2.71. The number of halogens is 1. The summed E-state index contributed by atoms with van der Waals surface area (Å²) in [6.07, 6.45) is 3.43. The molecule has 2 unspecified atom stereocenters. The minimum absolute atomic E-state index is 0. The molecule has 0 saturated heterocycles. The molecular formula is C16H26ClN3O3S. The first-order valence-corrected chi connectivity index (χ1v) is 9.66. The molecule has 0 aliphatic heterocycles. The van der Waals surface area contributed by atoms with E-state index >= 15 is 0 Å². The van der Waals surface area contributed by atoms with E-state index in [-0.39, 0.29) is 49.1 Å². The molecule has 0 heterocycles. The predicted molar refractivity (Wildman–Crippen MR) is 97.3 cm³/mol. The quantitative estimate of drug-likeness (QED) is 0.665. The van der Waals surface area contributed by atoms with E-state index in [0.29, 0.717) is 6.42 Å². The first kappa shape index (κ1) is 20.9. The Balaban J connectivity index is 0.00000288. The van der Waals surface area contributed by atoms with E-state index in [9.17, 15) is 13.2 Å². The van der Waals surface area contributed by atoms with Gasteiger partial charge in [0.1, 0.15) is 0 Å². The fourth-order valence-corrected chi connectivity index (χ4v) is 3.68. The Hall–Kier alpha value is -1.15. The fraction of sp³-hybridized carbons (Fsp3) is 0.562. The Labute approximate surface area is 150 Å². The normalized spacial score (nSPS) is 20.9. The summed E-state index contributed by atoms with van der Waals surface area (Å²) in [5.74, 6) is -0.290. The number of carbonyl (C=O) groups is 1. The molecule has 1 saturated carbocycles. The Kier molecular flexibility index (Phi) is 8.69. The van der Waals surface area contributed by atoms with Gasteiger partial charge in [-0.05, 0) is 24.8 Å². The van der Waals surface area contributed by atoms with E-state index in [0.717, 1.165) is 24.8 Å². The predicted octanol–water partition coefficient (Wildman–Crippen LogP) is 1.16. The molecule has 1 aromatic rings. The average molecular weight is 376 g/mol. The van der Waals surface area contributed by atoms with Gasteiger partial charge in [0, 0.05) is 25.0 Å². The number of amides is 1. The zero-order chi connectivity index (χ0) is 16.7. The van der Waals surface area contributed by atoms with Crippen LogP contribution in [0.2, 0.25) is 0 Å². The van der Waals surface area contributed by atoms with Crippen molar-refractivity contribution in [3.63, 3.8) is 0 Å². The molecule has 8 heteroatoms. The second-order valence-electron chi connectivity index (χ2n) is 6.04. The molecule has 1 aromatic carbocycles. The summed E-state index contributed by atoms with van der Waals surface area (Å²) >= 11 is 0. The highest BCUT2D eigenvalue weighted by Crippen LogP contribution is 2.22. The molecule has 136 valence electrons. The molecule has 1 fully saturated rings. The lowest BCUT2D eigenvalue weighted by Gasteiger charge is -2.25. The molecule has 1 amide bonds. The van der Waals surface area contributed by atoms with Gasteiger partial charge in [-0.3, -0.25) is 4.79 Å². The number of hydrogen-bond donors (Lipinski definition) is 3.